The lowest BCUT2D eigenvalue weighted by atomic mass is 9.74. The average molecular weight is 389 g/mol. The summed E-state index contributed by atoms with van der Waals surface area (Å²) in [6.45, 7) is 5.13. The van der Waals surface area contributed by atoms with Gasteiger partial charge in [0.1, 0.15) is 0 Å². The quantitative estimate of drug-likeness (QED) is 0.632. The van der Waals surface area contributed by atoms with E-state index in [9.17, 15) is 9.90 Å². The van der Waals surface area contributed by atoms with Gasteiger partial charge < -0.3 is 21.1 Å². The maximum absolute atomic E-state index is 12.1. The van der Waals surface area contributed by atoms with Gasteiger partial charge in [0.2, 0.25) is 5.91 Å². The third-order valence-corrected chi connectivity index (χ3v) is 6.67. The highest BCUT2D eigenvalue weighted by molar-refractivity contribution is 5.76. The van der Waals surface area contributed by atoms with Crippen molar-refractivity contribution in [3.05, 3.63) is 35.9 Å². The number of carbonyl (C=O) groups excluding carboxylic acids is 1. The highest BCUT2D eigenvalue weighted by atomic mass is 16.3. The SMILES string of the molecule is CN1CCN([C@H]2CC[C@](CNC(=O)CCN)(c3ccccc3)CC[C@@H]2O)CC1. The number of carbonyl (C=O) groups is 1. The molecule has 0 aromatic heterocycles. The van der Waals surface area contributed by atoms with Crippen LogP contribution in [-0.2, 0) is 10.2 Å². The van der Waals surface area contributed by atoms with Gasteiger partial charge in [-0.15, -0.1) is 0 Å². The normalized spacial score (nSPS) is 30.0. The summed E-state index contributed by atoms with van der Waals surface area (Å²) in [5.41, 5.74) is 6.66. The number of benzene rings is 1. The lowest BCUT2D eigenvalue weighted by Gasteiger charge is -2.39. The number of piperazine rings is 1. The van der Waals surface area contributed by atoms with Crippen molar-refractivity contribution in [2.24, 2.45) is 5.73 Å². The number of aliphatic hydroxyl groups excluding tert-OH is 1. The Balaban J connectivity index is 1.75. The largest absolute Gasteiger partial charge is 0.391 e. The van der Waals surface area contributed by atoms with Crippen LogP contribution in [0.4, 0.5) is 0 Å². The number of nitrogens with one attached hydrogen (secondary N) is 1. The van der Waals surface area contributed by atoms with E-state index in [2.05, 4.69) is 46.4 Å². The number of likely N-dealkylation sites (N-methyl/N-ethyl adjacent to an activating group) is 1. The predicted molar refractivity (Wildman–Crippen MR) is 112 cm³/mol. The molecule has 0 spiro atoms. The number of nitrogens with two attached hydrogens (primary N) is 1. The molecule has 0 bridgehead atoms. The Kier molecular flexibility index (Phi) is 7.46. The van der Waals surface area contributed by atoms with Gasteiger partial charge in [-0.2, -0.15) is 0 Å². The Hall–Kier alpha value is -1.47. The van der Waals surface area contributed by atoms with Crippen LogP contribution in [0, 0.1) is 0 Å². The van der Waals surface area contributed by atoms with Crippen LogP contribution in [-0.4, -0.2) is 79.3 Å². The van der Waals surface area contributed by atoms with Crippen molar-refractivity contribution in [2.45, 2.75) is 49.7 Å². The zero-order chi connectivity index (χ0) is 20.0. The van der Waals surface area contributed by atoms with E-state index >= 15 is 0 Å². The number of aliphatic hydroxyl groups is 1. The van der Waals surface area contributed by atoms with Crippen LogP contribution in [0.3, 0.4) is 0 Å². The minimum atomic E-state index is -0.311. The van der Waals surface area contributed by atoms with E-state index in [-0.39, 0.29) is 23.5 Å². The van der Waals surface area contributed by atoms with E-state index in [0.717, 1.165) is 51.9 Å². The Bertz CT molecular complexity index is 618. The zero-order valence-corrected chi connectivity index (χ0v) is 17.1. The number of amides is 1. The summed E-state index contributed by atoms with van der Waals surface area (Å²) in [6, 6.07) is 10.7. The van der Waals surface area contributed by atoms with E-state index in [1.807, 2.05) is 6.07 Å². The fourth-order valence-electron chi connectivity index (χ4n) is 4.78. The molecular weight excluding hydrogens is 352 g/mol. The predicted octanol–water partition coefficient (Wildman–Crippen LogP) is 0.940. The molecule has 1 aromatic carbocycles. The lowest BCUT2D eigenvalue weighted by Crippen LogP contribution is -2.52. The number of nitrogens with zero attached hydrogens (tertiary/aromatic N) is 2. The molecule has 6 nitrogen and oxygen atoms in total. The molecule has 3 atom stereocenters. The van der Waals surface area contributed by atoms with E-state index in [4.69, 9.17) is 5.73 Å². The van der Waals surface area contributed by atoms with Crippen molar-refractivity contribution in [3.8, 4) is 0 Å². The number of hydrogen-bond donors (Lipinski definition) is 3. The van der Waals surface area contributed by atoms with Crippen LogP contribution >= 0.6 is 0 Å². The number of hydrogen-bond acceptors (Lipinski definition) is 5. The summed E-state index contributed by atoms with van der Waals surface area (Å²) < 4.78 is 0. The van der Waals surface area contributed by atoms with Crippen molar-refractivity contribution in [1.29, 1.82) is 0 Å². The van der Waals surface area contributed by atoms with E-state index in [1.54, 1.807) is 0 Å². The molecule has 28 heavy (non-hydrogen) atoms. The first-order valence-corrected chi connectivity index (χ1v) is 10.7. The third-order valence-electron chi connectivity index (χ3n) is 6.67. The average Bonchev–Trinajstić information content (AvgIpc) is 2.88. The maximum Gasteiger partial charge on any atom is 0.221 e. The van der Waals surface area contributed by atoms with Crippen LogP contribution in [0.1, 0.15) is 37.7 Å². The first kappa shape index (κ1) is 21.2. The second-order valence-corrected chi connectivity index (χ2v) is 8.51. The summed E-state index contributed by atoms with van der Waals surface area (Å²) >= 11 is 0. The standard InChI is InChI=1S/C22H36N4O2/c1-25-13-15-26(16-14-25)19-7-10-22(11-8-20(19)27,17-24-21(28)9-12-23)18-5-3-2-4-6-18/h2-6,19-20,27H,7-17,23H2,1H3,(H,24,28)/t19-,20-,22-/m0/s1. The molecule has 1 aliphatic carbocycles. The molecule has 1 heterocycles. The molecule has 1 saturated heterocycles. The summed E-state index contributed by atoms with van der Waals surface area (Å²) in [4.78, 5) is 16.9. The minimum absolute atomic E-state index is 0.0122. The Morgan fingerprint density at radius 1 is 1.18 bits per heavy atom. The lowest BCUT2D eigenvalue weighted by molar-refractivity contribution is -0.121. The van der Waals surface area contributed by atoms with Gasteiger partial charge in [0.15, 0.2) is 0 Å². The molecule has 1 aliphatic heterocycles. The molecule has 4 N–H and O–H groups in total. The molecule has 1 saturated carbocycles. The van der Waals surface area contributed by atoms with Crippen LogP contribution in [0.5, 0.6) is 0 Å². The van der Waals surface area contributed by atoms with Crippen LogP contribution in [0.2, 0.25) is 0 Å². The van der Waals surface area contributed by atoms with Gasteiger partial charge in [-0.3, -0.25) is 9.69 Å². The highest BCUT2D eigenvalue weighted by Crippen LogP contribution is 2.39. The minimum Gasteiger partial charge on any atom is -0.391 e. The van der Waals surface area contributed by atoms with Crippen molar-refractivity contribution >= 4 is 5.91 Å². The summed E-state index contributed by atoms with van der Waals surface area (Å²) in [6.07, 6.45) is 3.61. The first-order valence-electron chi connectivity index (χ1n) is 10.7. The van der Waals surface area contributed by atoms with E-state index in [1.165, 1.54) is 5.56 Å². The van der Waals surface area contributed by atoms with Crippen molar-refractivity contribution < 1.29 is 9.90 Å². The Morgan fingerprint density at radius 3 is 2.54 bits per heavy atom. The molecule has 1 amide bonds. The van der Waals surface area contributed by atoms with Gasteiger partial charge in [-0.25, -0.2) is 0 Å². The summed E-state index contributed by atoms with van der Waals surface area (Å²) in [5, 5.41) is 14.1. The molecule has 0 unspecified atom stereocenters. The highest BCUT2D eigenvalue weighted by Gasteiger charge is 2.40. The van der Waals surface area contributed by atoms with Crippen LogP contribution in [0.15, 0.2) is 30.3 Å². The molecule has 0 radical (unpaired) electrons. The maximum atomic E-state index is 12.1. The molecular formula is C22H36N4O2. The van der Waals surface area contributed by atoms with Crippen molar-refractivity contribution in [2.75, 3.05) is 46.3 Å². The summed E-state index contributed by atoms with van der Waals surface area (Å²) in [5.74, 6) is 0.0122. The van der Waals surface area contributed by atoms with Gasteiger partial charge in [-0.1, -0.05) is 30.3 Å². The van der Waals surface area contributed by atoms with Crippen LogP contribution < -0.4 is 11.1 Å². The summed E-state index contributed by atoms with van der Waals surface area (Å²) in [7, 11) is 2.16. The second-order valence-electron chi connectivity index (χ2n) is 8.51. The van der Waals surface area contributed by atoms with Crippen molar-refractivity contribution in [3.63, 3.8) is 0 Å². The molecule has 6 heteroatoms. The van der Waals surface area contributed by atoms with E-state index in [0.29, 0.717) is 19.5 Å². The number of rotatable bonds is 6. The van der Waals surface area contributed by atoms with Gasteiger partial charge in [0.25, 0.3) is 0 Å². The molecule has 156 valence electrons. The van der Waals surface area contributed by atoms with Gasteiger partial charge in [0.05, 0.1) is 6.10 Å². The zero-order valence-electron chi connectivity index (χ0n) is 17.1. The van der Waals surface area contributed by atoms with Gasteiger partial charge in [0, 0.05) is 57.1 Å². The Morgan fingerprint density at radius 2 is 1.86 bits per heavy atom. The third kappa shape index (κ3) is 5.11. The van der Waals surface area contributed by atoms with E-state index < -0.39 is 0 Å². The molecule has 2 aliphatic rings. The molecule has 1 aromatic rings. The first-order chi connectivity index (χ1) is 13.5. The smallest absolute Gasteiger partial charge is 0.221 e. The van der Waals surface area contributed by atoms with Crippen LogP contribution in [0.25, 0.3) is 0 Å². The fourth-order valence-corrected chi connectivity index (χ4v) is 4.78. The van der Waals surface area contributed by atoms with Gasteiger partial charge >= 0.3 is 0 Å². The topological polar surface area (TPSA) is 81.8 Å². The monoisotopic (exact) mass is 388 g/mol. The van der Waals surface area contributed by atoms with Gasteiger partial charge in [-0.05, 0) is 38.3 Å². The fraction of sp³-hybridized carbons (Fsp3) is 0.682. The Labute approximate surface area is 169 Å². The molecule has 3 rings (SSSR count). The van der Waals surface area contributed by atoms with Crippen molar-refractivity contribution in [1.82, 2.24) is 15.1 Å². The molecule has 2 fully saturated rings. The second kappa shape index (κ2) is 9.83.